The first kappa shape index (κ1) is 10.5. The van der Waals surface area contributed by atoms with Crippen molar-refractivity contribution in [2.75, 3.05) is 0 Å². The Kier molecular flexibility index (Phi) is 2.98. The summed E-state index contributed by atoms with van der Waals surface area (Å²) in [6.45, 7) is 0. The fraction of sp³-hybridized carbons (Fsp3) is 0.250. The molecular formula is C8H7BrF3N. The maximum absolute atomic E-state index is 12.1. The summed E-state index contributed by atoms with van der Waals surface area (Å²) in [7, 11) is 0. The third kappa shape index (κ3) is 2.70. The van der Waals surface area contributed by atoms with Gasteiger partial charge in [0.25, 0.3) is 0 Å². The fourth-order valence-electron chi connectivity index (χ4n) is 0.859. The van der Waals surface area contributed by atoms with Crippen LogP contribution in [0.5, 0.6) is 0 Å². The molecule has 0 bridgehead atoms. The Balaban J connectivity index is 2.90. The first-order valence-corrected chi connectivity index (χ1v) is 4.28. The topological polar surface area (TPSA) is 26.0 Å². The third-order valence-corrected chi connectivity index (χ3v) is 2.11. The molecule has 0 fully saturated rings. The first-order chi connectivity index (χ1) is 5.91. The monoisotopic (exact) mass is 253 g/mol. The molecule has 5 heteroatoms. The highest BCUT2D eigenvalue weighted by molar-refractivity contribution is 9.10. The molecule has 0 saturated heterocycles. The van der Waals surface area contributed by atoms with Crippen LogP contribution in [0.15, 0.2) is 28.7 Å². The number of benzene rings is 1. The lowest BCUT2D eigenvalue weighted by Gasteiger charge is -2.15. The van der Waals surface area contributed by atoms with E-state index in [1.807, 2.05) is 0 Å². The normalized spacial score (nSPS) is 14.2. The Labute approximate surface area is 81.9 Å². The maximum atomic E-state index is 12.1. The van der Waals surface area contributed by atoms with Gasteiger partial charge in [0.05, 0.1) is 0 Å². The van der Waals surface area contributed by atoms with E-state index in [0.29, 0.717) is 0 Å². The van der Waals surface area contributed by atoms with Gasteiger partial charge in [0.1, 0.15) is 6.04 Å². The molecule has 1 aromatic carbocycles. The minimum absolute atomic E-state index is 0.0655. The van der Waals surface area contributed by atoms with E-state index in [1.165, 1.54) is 24.3 Å². The maximum Gasteiger partial charge on any atom is 0.407 e. The number of nitrogens with two attached hydrogens (primary N) is 1. The summed E-state index contributed by atoms with van der Waals surface area (Å²) >= 11 is 3.12. The molecule has 0 aliphatic carbocycles. The Morgan fingerprint density at radius 2 is 1.62 bits per heavy atom. The minimum atomic E-state index is -4.38. The van der Waals surface area contributed by atoms with Gasteiger partial charge in [-0.25, -0.2) is 0 Å². The SMILES string of the molecule is N[C@@H](c1ccc(Br)cc1)C(F)(F)F. The third-order valence-electron chi connectivity index (χ3n) is 1.58. The molecule has 0 unspecified atom stereocenters. The average molecular weight is 254 g/mol. The summed E-state index contributed by atoms with van der Waals surface area (Å²) in [6, 6.07) is 3.85. The van der Waals surface area contributed by atoms with Crippen molar-refractivity contribution in [3.05, 3.63) is 34.3 Å². The molecule has 0 radical (unpaired) electrons. The molecule has 1 nitrogen and oxygen atoms in total. The summed E-state index contributed by atoms with van der Waals surface area (Å²) < 4.78 is 37.0. The Hall–Kier alpha value is -0.550. The zero-order valence-corrected chi connectivity index (χ0v) is 8.06. The molecule has 2 N–H and O–H groups in total. The molecule has 72 valence electrons. The van der Waals surface area contributed by atoms with Gasteiger partial charge in [-0.15, -0.1) is 0 Å². The average Bonchev–Trinajstić information content (AvgIpc) is 2.03. The van der Waals surface area contributed by atoms with Gasteiger partial charge in [0.2, 0.25) is 0 Å². The Bertz CT molecular complexity index is 280. The number of alkyl halides is 3. The van der Waals surface area contributed by atoms with E-state index >= 15 is 0 Å². The molecule has 1 rings (SSSR count). The van der Waals surface area contributed by atoms with Crippen LogP contribution in [-0.4, -0.2) is 6.18 Å². The lowest BCUT2D eigenvalue weighted by Crippen LogP contribution is -2.28. The fourth-order valence-corrected chi connectivity index (χ4v) is 1.12. The van der Waals surface area contributed by atoms with Crippen molar-refractivity contribution < 1.29 is 13.2 Å². The van der Waals surface area contributed by atoms with Crippen molar-refractivity contribution in [1.29, 1.82) is 0 Å². The van der Waals surface area contributed by atoms with E-state index in [9.17, 15) is 13.2 Å². The summed E-state index contributed by atoms with van der Waals surface area (Å²) in [5.41, 5.74) is 5.05. The van der Waals surface area contributed by atoms with Crippen LogP contribution in [-0.2, 0) is 0 Å². The van der Waals surface area contributed by atoms with Gasteiger partial charge in [-0.2, -0.15) is 13.2 Å². The van der Waals surface area contributed by atoms with Crippen LogP contribution < -0.4 is 5.73 Å². The second-order valence-corrected chi connectivity index (χ2v) is 3.49. The van der Waals surface area contributed by atoms with Crippen LogP contribution in [0.1, 0.15) is 11.6 Å². The van der Waals surface area contributed by atoms with Crippen molar-refractivity contribution in [2.45, 2.75) is 12.2 Å². The highest BCUT2D eigenvalue weighted by Gasteiger charge is 2.37. The Morgan fingerprint density at radius 1 is 1.15 bits per heavy atom. The standard InChI is InChI=1S/C8H7BrF3N/c9-6-3-1-5(2-4-6)7(13)8(10,11)12/h1-4,7H,13H2/t7-/m0/s1. The lowest BCUT2D eigenvalue weighted by molar-refractivity contribution is -0.149. The van der Waals surface area contributed by atoms with Gasteiger partial charge in [-0.05, 0) is 17.7 Å². The minimum Gasteiger partial charge on any atom is -0.316 e. The van der Waals surface area contributed by atoms with Crippen LogP contribution in [0.3, 0.4) is 0 Å². The van der Waals surface area contributed by atoms with Gasteiger partial charge in [0.15, 0.2) is 0 Å². The number of hydrogen-bond donors (Lipinski definition) is 1. The molecular weight excluding hydrogens is 247 g/mol. The number of rotatable bonds is 1. The molecule has 1 atom stereocenters. The van der Waals surface area contributed by atoms with Crippen LogP contribution in [0.2, 0.25) is 0 Å². The molecule has 0 heterocycles. The molecule has 0 aliphatic heterocycles. The van der Waals surface area contributed by atoms with Gasteiger partial charge < -0.3 is 5.73 Å². The van der Waals surface area contributed by atoms with E-state index in [4.69, 9.17) is 5.73 Å². The number of halogens is 4. The molecule has 0 saturated carbocycles. The Morgan fingerprint density at radius 3 is 2.00 bits per heavy atom. The van der Waals surface area contributed by atoms with Crippen molar-refractivity contribution in [3.8, 4) is 0 Å². The van der Waals surface area contributed by atoms with Crippen molar-refractivity contribution >= 4 is 15.9 Å². The van der Waals surface area contributed by atoms with E-state index in [1.54, 1.807) is 0 Å². The van der Waals surface area contributed by atoms with Crippen LogP contribution in [0, 0.1) is 0 Å². The van der Waals surface area contributed by atoms with Crippen molar-refractivity contribution in [3.63, 3.8) is 0 Å². The highest BCUT2D eigenvalue weighted by Crippen LogP contribution is 2.30. The lowest BCUT2D eigenvalue weighted by atomic mass is 10.1. The van der Waals surface area contributed by atoms with Gasteiger partial charge in [0, 0.05) is 4.47 Å². The van der Waals surface area contributed by atoms with E-state index in [-0.39, 0.29) is 5.56 Å². The largest absolute Gasteiger partial charge is 0.407 e. The predicted octanol–water partition coefficient (Wildman–Crippen LogP) is 3.01. The first-order valence-electron chi connectivity index (χ1n) is 3.49. The van der Waals surface area contributed by atoms with Gasteiger partial charge in [-0.1, -0.05) is 28.1 Å². The molecule has 1 aromatic rings. The molecule has 0 amide bonds. The van der Waals surface area contributed by atoms with Gasteiger partial charge >= 0.3 is 6.18 Å². The molecule has 0 aliphatic rings. The summed E-state index contributed by atoms with van der Waals surface area (Å²) in [5.74, 6) is 0. The van der Waals surface area contributed by atoms with E-state index in [0.717, 1.165) is 4.47 Å². The molecule has 0 spiro atoms. The zero-order valence-electron chi connectivity index (χ0n) is 6.48. The zero-order chi connectivity index (χ0) is 10.1. The van der Waals surface area contributed by atoms with Crippen LogP contribution >= 0.6 is 15.9 Å². The van der Waals surface area contributed by atoms with Crippen molar-refractivity contribution in [2.24, 2.45) is 5.73 Å². The summed E-state index contributed by atoms with van der Waals surface area (Å²) in [5, 5.41) is 0. The predicted molar refractivity (Wildman–Crippen MR) is 47.1 cm³/mol. The highest BCUT2D eigenvalue weighted by atomic mass is 79.9. The van der Waals surface area contributed by atoms with E-state index in [2.05, 4.69) is 15.9 Å². The summed E-state index contributed by atoms with van der Waals surface area (Å²) in [4.78, 5) is 0. The molecule has 0 aromatic heterocycles. The van der Waals surface area contributed by atoms with E-state index < -0.39 is 12.2 Å². The van der Waals surface area contributed by atoms with Gasteiger partial charge in [-0.3, -0.25) is 0 Å². The van der Waals surface area contributed by atoms with Crippen LogP contribution in [0.25, 0.3) is 0 Å². The second-order valence-electron chi connectivity index (χ2n) is 2.57. The quantitative estimate of drug-likeness (QED) is 0.819. The second kappa shape index (κ2) is 3.67. The summed E-state index contributed by atoms with van der Waals surface area (Å²) in [6.07, 6.45) is -4.38. The molecule has 13 heavy (non-hydrogen) atoms. The number of hydrogen-bond acceptors (Lipinski definition) is 1. The van der Waals surface area contributed by atoms with Crippen LogP contribution in [0.4, 0.5) is 13.2 Å². The van der Waals surface area contributed by atoms with Crippen molar-refractivity contribution in [1.82, 2.24) is 0 Å². The smallest absolute Gasteiger partial charge is 0.316 e.